The van der Waals surface area contributed by atoms with E-state index in [-0.39, 0.29) is 11.2 Å². The number of nitrogens with zero attached hydrogens (tertiary/aromatic N) is 1. The quantitative estimate of drug-likeness (QED) is 0.0988. The molecule has 0 amide bonds. The Labute approximate surface area is 261 Å². The average molecular weight is 596 g/mol. The van der Waals surface area contributed by atoms with Crippen molar-refractivity contribution in [3.63, 3.8) is 0 Å². The summed E-state index contributed by atoms with van der Waals surface area (Å²) in [6.45, 7) is 14.8. The highest BCUT2D eigenvalue weighted by atomic mass is 32.2. The zero-order valence-electron chi connectivity index (χ0n) is 25.9. The first kappa shape index (κ1) is 32.3. The topological polar surface area (TPSA) is 75.1 Å². The molecule has 2 heterocycles. The predicted octanol–water partition coefficient (Wildman–Crippen LogP) is 8.85. The van der Waals surface area contributed by atoms with Gasteiger partial charge in [-0.05, 0) is 123 Å². The molecule has 1 aliphatic heterocycles. The lowest BCUT2D eigenvalue weighted by Crippen LogP contribution is -2.14. The minimum Gasteiger partial charge on any atom is -0.465 e. The van der Waals surface area contributed by atoms with Crippen LogP contribution in [0.4, 0.5) is 0 Å². The molecule has 1 fully saturated rings. The van der Waals surface area contributed by atoms with Crippen LogP contribution in [0.15, 0.2) is 79.1 Å². The van der Waals surface area contributed by atoms with Crippen LogP contribution in [0.2, 0.25) is 0 Å². The number of hydrogen-bond acceptors (Lipinski definition) is 6. The van der Waals surface area contributed by atoms with Gasteiger partial charge in [0, 0.05) is 17.8 Å². The third-order valence-corrected chi connectivity index (χ3v) is 9.54. The maximum Gasteiger partial charge on any atom is 0.319 e. The molecule has 1 aromatic carbocycles. The fourth-order valence-corrected chi connectivity index (χ4v) is 6.78. The van der Waals surface area contributed by atoms with Gasteiger partial charge in [-0.3, -0.25) is 9.78 Å². The first-order chi connectivity index (χ1) is 20.8. The maximum atomic E-state index is 11.6. The van der Waals surface area contributed by atoms with E-state index in [9.17, 15) is 4.79 Å². The van der Waals surface area contributed by atoms with Crippen molar-refractivity contribution in [1.82, 2.24) is 10.3 Å². The molecule has 1 aromatic heterocycles. The van der Waals surface area contributed by atoms with Crippen molar-refractivity contribution in [1.29, 1.82) is 5.41 Å². The largest absolute Gasteiger partial charge is 0.465 e. The number of rotatable bonds is 14. The molecule has 4 rings (SSSR count). The van der Waals surface area contributed by atoms with Crippen LogP contribution in [0.5, 0.6) is 0 Å². The van der Waals surface area contributed by atoms with Gasteiger partial charge >= 0.3 is 5.97 Å². The number of carbonyl (C=O) groups is 1. The molecule has 0 saturated carbocycles. The molecular formula is C37H45N3O2S. The zero-order valence-corrected chi connectivity index (χ0v) is 26.7. The Bertz CT molecular complexity index is 1450. The van der Waals surface area contributed by atoms with Crippen LogP contribution in [0.3, 0.4) is 0 Å². The Morgan fingerprint density at radius 2 is 2.05 bits per heavy atom. The number of aryl methyl sites for hydroxylation is 2. The number of pyridine rings is 1. The smallest absolute Gasteiger partial charge is 0.319 e. The number of nitrogens with one attached hydrogen (secondary N) is 2. The summed E-state index contributed by atoms with van der Waals surface area (Å²) in [4.78, 5) is 16.4. The second kappa shape index (κ2) is 15.7. The van der Waals surface area contributed by atoms with Crippen molar-refractivity contribution >= 4 is 40.8 Å². The Hall–Kier alpha value is -3.64. The molecule has 2 aliphatic rings. The molecule has 226 valence electrons. The van der Waals surface area contributed by atoms with Gasteiger partial charge in [-0.1, -0.05) is 55.2 Å². The van der Waals surface area contributed by atoms with Gasteiger partial charge < -0.3 is 15.5 Å². The summed E-state index contributed by atoms with van der Waals surface area (Å²) in [7, 11) is 0. The second-order valence-electron chi connectivity index (χ2n) is 11.6. The lowest BCUT2D eigenvalue weighted by Gasteiger charge is -2.23. The number of carbonyl (C=O) groups excluding carboxylic acids is 1. The molecule has 0 bridgehead atoms. The third-order valence-electron chi connectivity index (χ3n) is 8.27. The van der Waals surface area contributed by atoms with Gasteiger partial charge in [-0.2, -0.15) is 0 Å². The Balaban J connectivity index is 1.39. The molecule has 1 saturated heterocycles. The van der Waals surface area contributed by atoms with Crippen molar-refractivity contribution < 1.29 is 9.53 Å². The highest BCUT2D eigenvalue weighted by Crippen LogP contribution is 2.32. The number of allylic oxidation sites excluding steroid dienone is 5. The molecule has 2 N–H and O–H groups in total. The van der Waals surface area contributed by atoms with E-state index in [0.717, 1.165) is 84.6 Å². The van der Waals surface area contributed by atoms with Gasteiger partial charge in [0.15, 0.2) is 0 Å². The molecule has 2 aromatic rings. The number of hydrogen-bond donors (Lipinski definition) is 2. The molecule has 5 nitrogen and oxygen atoms in total. The highest BCUT2D eigenvalue weighted by Gasteiger charge is 2.26. The fraction of sp³-hybridized carbons (Fsp3) is 0.378. The third kappa shape index (κ3) is 9.17. The summed E-state index contributed by atoms with van der Waals surface area (Å²) in [5.74, 6) is 1.27. The zero-order chi connectivity index (χ0) is 30.8. The van der Waals surface area contributed by atoms with Gasteiger partial charge in [-0.25, -0.2) is 0 Å². The number of esters is 1. The Morgan fingerprint density at radius 1 is 1.21 bits per heavy atom. The van der Waals surface area contributed by atoms with Crippen LogP contribution in [0.1, 0.15) is 79.9 Å². The molecule has 2 atom stereocenters. The van der Waals surface area contributed by atoms with Crippen LogP contribution >= 0.6 is 11.8 Å². The number of thioether (sulfide) groups is 1. The predicted molar refractivity (Wildman–Crippen MR) is 183 cm³/mol. The first-order valence-corrected chi connectivity index (χ1v) is 16.3. The number of cyclic esters (lactones) is 1. The summed E-state index contributed by atoms with van der Waals surface area (Å²) in [5, 5.41) is 11.7. The van der Waals surface area contributed by atoms with Crippen molar-refractivity contribution in [2.75, 3.05) is 12.4 Å². The Morgan fingerprint density at radius 3 is 2.72 bits per heavy atom. The summed E-state index contributed by atoms with van der Waals surface area (Å²) < 4.78 is 5.04. The highest BCUT2D eigenvalue weighted by molar-refractivity contribution is 8.00. The standard InChI is InChI=1S/C37H45N3O2S/c1-6-28(21-29-12-14-30(15-13-29)23-33(38)18-20-43-35-17-19-42-37(35)41)22-32-24-31(16-11-25(32)3)27(5)36(39-7-2)34-10-8-9-26(4)40-34/h6-12,16,22,24,30,35,38-39H,1-2,13-15,17-21,23H2,3-5H3/b28-22+,36-27+,38-33?. The summed E-state index contributed by atoms with van der Waals surface area (Å²) in [6.07, 6.45) is 14.9. The van der Waals surface area contributed by atoms with E-state index in [0.29, 0.717) is 12.5 Å². The lowest BCUT2D eigenvalue weighted by molar-refractivity contribution is -0.137. The molecule has 0 radical (unpaired) electrons. The molecule has 1 aliphatic carbocycles. The van der Waals surface area contributed by atoms with Crippen molar-refractivity contribution in [2.24, 2.45) is 5.92 Å². The van der Waals surface area contributed by atoms with Gasteiger partial charge in [0.05, 0.1) is 18.0 Å². The van der Waals surface area contributed by atoms with E-state index < -0.39 is 0 Å². The van der Waals surface area contributed by atoms with Crippen molar-refractivity contribution in [3.8, 4) is 0 Å². The van der Waals surface area contributed by atoms with Crippen LogP contribution in [-0.4, -0.2) is 34.3 Å². The van der Waals surface area contributed by atoms with Gasteiger partial charge in [0.2, 0.25) is 0 Å². The van der Waals surface area contributed by atoms with E-state index in [1.807, 2.05) is 31.2 Å². The van der Waals surface area contributed by atoms with Crippen molar-refractivity contribution in [2.45, 2.75) is 71.0 Å². The molecule has 6 heteroatoms. The minimum atomic E-state index is -0.0881. The van der Waals surface area contributed by atoms with Gasteiger partial charge in [-0.15, -0.1) is 11.8 Å². The van der Waals surface area contributed by atoms with Crippen LogP contribution in [-0.2, 0) is 9.53 Å². The monoisotopic (exact) mass is 595 g/mol. The number of ether oxygens (including phenoxy) is 1. The first-order valence-electron chi connectivity index (χ1n) is 15.3. The Kier molecular flexibility index (Phi) is 11.8. The molecule has 0 spiro atoms. The maximum absolute atomic E-state index is 11.6. The summed E-state index contributed by atoms with van der Waals surface area (Å²) >= 11 is 1.64. The minimum absolute atomic E-state index is 0.0329. The SMILES string of the molecule is C=CN/C(=C(\C)c1ccc(C)c(/C=C(\C=C)CC2=CCC(CC(=N)CCSC3CCOC3=O)CC2)c1)c1cccc(C)n1. The van der Waals surface area contributed by atoms with Gasteiger partial charge in [0.25, 0.3) is 0 Å². The molecule has 2 unspecified atom stereocenters. The number of benzene rings is 1. The number of aromatic nitrogens is 1. The van der Waals surface area contributed by atoms with Crippen molar-refractivity contribution in [3.05, 3.63) is 107 Å². The summed E-state index contributed by atoms with van der Waals surface area (Å²) in [5.41, 5.74) is 11.0. The summed E-state index contributed by atoms with van der Waals surface area (Å²) in [6, 6.07) is 12.6. The van der Waals surface area contributed by atoms with Crippen LogP contribution < -0.4 is 5.32 Å². The fourth-order valence-electron chi connectivity index (χ4n) is 5.67. The van der Waals surface area contributed by atoms with Crippen LogP contribution in [0.25, 0.3) is 17.3 Å². The normalized spacial score (nSPS) is 19.3. The molecular weight excluding hydrogens is 550 g/mol. The average Bonchev–Trinajstić information content (AvgIpc) is 3.41. The lowest BCUT2D eigenvalue weighted by atomic mass is 9.83. The van der Waals surface area contributed by atoms with E-state index in [2.05, 4.69) is 62.7 Å². The van der Waals surface area contributed by atoms with E-state index in [1.54, 1.807) is 18.0 Å². The van der Waals surface area contributed by atoms with Crippen LogP contribution in [0, 0.1) is 25.2 Å². The van der Waals surface area contributed by atoms with E-state index >= 15 is 0 Å². The molecule has 43 heavy (non-hydrogen) atoms. The van der Waals surface area contributed by atoms with E-state index in [4.69, 9.17) is 15.1 Å². The second-order valence-corrected chi connectivity index (χ2v) is 12.9. The van der Waals surface area contributed by atoms with E-state index in [1.165, 1.54) is 22.3 Å². The van der Waals surface area contributed by atoms with Gasteiger partial charge in [0.1, 0.15) is 5.25 Å².